The van der Waals surface area contributed by atoms with Crippen molar-refractivity contribution in [3.63, 3.8) is 0 Å². The normalized spacial score (nSPS) is 13.7. The van der Waals surface area contributed by atoms with Gasteiger partial charge in [-0.05, 0) is 58.1 Å². The van der Waals surface area contributed by atoms with Gasteiger partial charge in [0.25, 0.3) is 0 Å². The molecule has 0 radical (unpaired) electrons. The predicted octanol–water partition coefficient (Wildman–Crippen LogP) is 6.54. The molecule has 0 saturated heterocycles. The monoisotopic (exact) mass is 396 g/mol. The average Bonchev–Trinajstić information content (AvgIpc) is 3.00. The number of aromatic hydroxyl groups is 1. The fraction of sp³-hybridized carbons (Fsp3) is 0.185. The Morgan fingerprint density at radius 1 is 0.767 bits per heavy atom. The zero-order valence-electron chi connectivity index (χ0n) is 17.6. The summed E-state index contributed by atoms with van der Waals surface area (Å²) in [6.45, 7) is 4.42. The summed E-state index contributed by atoms with van der Waals surface area (Å²) < 4.78 is 11.3. The molecule has 0 amide bonds. The first-order chi connectivity index (χ1) is 14.5. The molecule has 0 heterocycles. The van der Waals surface area contributed by atoms with Crippen LogP contribution in [-0.2, 0) is 5.41 Å². The highest BCUT2D eigenvalue weighted by Gasteiger charge is 2.38. The fourth-order valence-electron chi connectivity index (χ4n) is 4.84. The van der Waals surface area contributed by atoms with E-state index in [4.69, 9.17) is 9.47 Å². The minimum atomic E-state index is -0.196. The van der Waals surface area contributed by atoms with E-state index in [1.54, 1.807) is 14.2 Å². The van der Waals surface area contributed by atoms with Gasteiger partial charge in [0.05, 0.1) is 14.2 Å². The number of fused-ring (bicyclic) bond motifs is 5. The third kappa shape index (κ3) is 2.45. The predicted molar refractivity (Wildman–Crippen MR) is 122 cm³/mol. The van der Waals surface area contributed by atoms with E-state index in [0.29, 0.717) is 0 Å². The van der Waals surface area contributed by atoms with E-state index in [1.165, 1.54) is 11.1 Å². The molecule has 0 aliphatic heterocycles. The van der Waals surface area contributed by atoms with Crippen LogP contribution in [0.25, 0.3) is 33.0 Å². The van der Waals surface area contributed by atoms with Gasteiger partial charge < -0.3 is 14.6 Å². The van der Waals surface area contributed by atoms with Gasteiger partial charge in [-0.1, -0.05) is 50.2 Å². The summed E-state index contributed by atoms with van der Waals surface area (Å²) >= 11 is 0. The van der Waals surface area contributed by atoms with Crippen LogP contribution >= 0.6 is 0 Å². The summed E-state index contributed by atoms with van der Waals surface area (Å²) in [5, 5.41) is 12.7. The zero-order valence-corrected chi connectivity index (χ0v) is 17.6. The van der Waals surface area contributed by atoms with Crippen molar-refractivity contribution in [1.29, 1.82) is 0 Å². The van der Waals surface area contributed by atoms with Crippen molar-refractivity contribution in [2.24, 2.45) is 0 Å². The Bertz CT molecular complexity index is 1280. The molecule has 4 aromatic carbocycles. The van der Waals surface area contributed by atoms with Crippen LogP contribution in [0.3, 0.4) is 0 Å². The number of hydrogen-bond acceptors (Lipinski definition) is 3. The van der Waals surface area contributed by atoms with Crippen LogP contribution in [0.1, 0.15) is 25.0 Å². The molecule has 0 atom stereocenters. The third-order valence-electron chi connectivity index (χ3n) is 6.38. The zero-order chi connectivity index (χ0) is 21.0. The first-order valence-electron chi connectivity index (χ1n) is 10.1. The van der Waals surface area contributed by atoms with E-state index in [2.05, 4.69) is 38.1 Å². The summed E-state index contributed by atoms with van der Waals surface area (Å²) in [7, 11) is 3.36. The Morgan fingerprint density at radius 3 is 2.20 bits per heavy atom. The lowest BCUT2D eigenvalue weighted by Crippen LogP contribution is -2.14. The molecule has 30 heavy (non-hydrogen) atoms. The number of ether oxygens (including phenoxy) is 2. The lowest BCUT2D eigenvalue weighted by molar-refractivity contribution is 0.414. The number of methoxy groups -OCH3 is 2. The Morgan fingerprint density at radius 2 is 1.50 bits per heavy atom. The van der Waals surface area contributed by atoms with E-state index in [-0.39, 0.29) is 11.2 Å². The van der Waals surface area contributed by atoms with E-state index >= 15 is 0 Å². The summed E-state index contributed by atoms with van der Waals surface area (Å²) in [5.41, 5.74) is 6.57. The van der Waals surface area contributed by atoms with Crippen molar-refractivity contribution < 1.29 is 14.6 Å². The first-order valence-corrected chi connectivity index (χ1v) is 10.1. The summed E-state index contributed by atoms with van der Waals surface area (Å²) in [6.07, 6.45) is 0. The lowest BCUT2D eigenvalue weighted by Gasteiger charge is -2.22. The number of phenolic OH excluding ortho intramolecular Hbond substituents is 1. The summed E-state index contributed by atoms with van der Waals surface area (Å²) in [6, 6.07) is 22.4. The van der Waals surface area contributed by atoms with Crippen LogP contribution < -0.4 is 9.47 Å². The molecule has 0 bridgehead atoms. The van der Waals surface area contributed by atoms with Crippen molar-refractivity contribution >= 4 is 10.8 Å². The van der Waals surface area contributed by atoms with Crippen LogP contribution in [0.2, 0.25) is 0 Å². The second kappa shape index (κ2) is 6.53. The molecule has 0 saturated carbocycles. The van der Waals surface area contributed by atoms with Crippen molar-refractivity contribution in [2.75, 3.05) is 14.2 Å². The van der Waals surface area contributed by atoms with Crippen LogP contribution in [0.5, 0.6) is 17.2 Å². The number of phenols is 1. The fourth-order valence-corrected chi connectivity index (χ4v) is 4.84. The van der Waals surface area contributed by atoms with Crippen LogP contribution in [0.15, 0.2) is 66.7 Å². The molecular weight excluding hydrogens is 372 g/mol. The summed E-state index contributed by atoms with van der Waals surface area (Å²) in [4.78, 5) is 0. The van der Waals surface area contributed by atoms with Crippen LogP contribution in [0, 0.1) is 0 Å². The van der Waals surface area contributed by atoms with Gasteiger partial charge in [-0.15, -0.1) is 0 Å². The van der Waals surface area contributed by atoms with Crippen molar-refractivity contribution in [3.8, 4) is 39.5 Å². The molecule has 1 N–H and O–H groups in total. The molecule has 5 rings (SSSR count). The van der Waals surface area contributed by atoms with Gasteiger partial charge >= 0.3 is 0 Å². The van der Waals surface area contributed by atoms with Gasteiger partial charge in [-0.2, -0.15) is 0 Å². The van der Waals surface area contributed by atoms with Gasteiger partial charge in [-0.25, -0.2) is 0 Å². The third-order valence-corrected chi connectivity index (χ3v) is 6.38. The number of benzene rings is 4. The van der Waals surface area contributed by atoms with Gasteiger partial charge in [0.2, 0.25) is 0 Å². The molecule has 1 aliphatic carbocycles. The molecule has 0 unspecified atom stereocenters. The standard InChI is InChI=1S/C27H24O3/c1-27(2)21-8-6-5-7-19(21)24-22(27)15-23(28)20-14-13-18(26(30-4)25(20)24)16-9-11-17(29-3)12-10-16/h5-15,28H,1-4H3. The van der Waals surface area contributed by atoms with Gasteiger partial charge in [0.15, 0.2) is 0 Å². The van der Waals surface area contributed by atoms with Gasteiger partial charge in [0.1, 0.15) is 17.2 Å². The largest absolute Gasteiger partial charge is 0.507 e. The molecule has 3 heteroatoms. The highest BCUT2D eigenvalue weighted by Crippen LogP contribution is 2.55. The molecule has 150 valence electrons. The van der Waals surface area contributed by atoms with Crippen molar-refractivity contribution in [3.05, 3.63) is 77.9 Å². The number of rotatable bonds is 3. The van der Waals surface area contributed by atoms with E-state index < -0.39 is 0 Å². The highest BCUT2D eigenvalue weighted by atomic mass is 16.5. The smallest absolute Gasteiger partial charge is 0.135 e. The molecule has 0 fully saturated rings. The highest BCUT2D eigenvalue weighted by molar-refractivity contribution is 6.10. The SMILES string of the molecule is COc1ccc(-c2ccc3c(O)cc4c(c3c2OC)-c2ccccc2C4(C)C)cc1. The Balaban J connectivity index is 1.89. The molecular formula is C27H24O3. The molecule has 0 aromatic heterocycles. The molecule has 4 aromatic rings. The maximum atomic E-state index is 10.9. The maximum Gasteiger partial charge on any atom is 0.135 e. The second-order valence-electron chi connectivity index (χ2n) is 8.29. The van der Waals surface area contributed by atoms with Crippen molar-refractivity contribution in [1.82, 2.24) is 0 Å². The Labute approximate surface area is 176 Å². The Kier molecular flexibility index (Phi) is 4.04. The molecule has 0 spiro atoms. The minimum absolute atomic E-state index is 0.196. The van der Waals surface area contributed by atoms with E-state index in [1.807, 2.05) is 42.5 Å². The minimum Gasteiger partial charge on any atom is -0.507 e. The quantitative estimate of drug-likeness (QED) is 0.427. The first kappa shape index (κ1) is 18.6. The number of hydrogen-bond donors (Lipinski definition) is 1. The topological polar surface area (TPSA) is 38.7 Å². The Hall–Kier alpha value is -3.46. The van der Waals surface area contributed by atoms with Crippen molar-refractivity contribution in [2.45, 2.75) is 19.3 Å². The van der Waals surface area contributed by atoms with Crippen LogP contribution in [0.4, 0.5) is 0 Å². The maximum absolute atomic E-state index is 10.9. The van der Waals surface area contributed by atoms with Gasteiger partial charge in [0, 0.05) is 21.8 Å². The molecule has 3 nitrogen and oxygen atoms in total. The van der Waals surface area contributed by atoms with E-state index in [0.717, 1.165) is 44.5 Å². The summed E-state index contributed by atoms with van der Waals surface area (Å²) in [5.74, 6) is 1.87. The lowest BCUT2D eigenvalue weighted by atomic mass is 9.81. The second-order valence-corrected chi connectivity index (χ2v) is 8.29. The van der Waals surface area contributed by atoms with Crippen LogP contribution in [-0.4, -0.2) is 19.3 Å². The van der Waals surface area contributed by atoms with Gasteiger partial charge in [-0.3, -0.25) is 0 Å². The molecule has 1 aliphatic rings. The van der Waals surface area contributed by atoms with E-state index in [9.17, 15) is 5.11 Å². The average molecular weight is 396 g/mol.